The van der Waals surface area contributed by atoms with Gasteiger partial charge in [-0.05, 0) is 38.0 Å². The zero-order valence-corrected chi connectivity index (χ0v) is 12.4. The molecule has 1 saturated carbocycles. The molecule has 5 nitrogen and oxygen atoms in total. The van der Waals surface area contributed by atoms with Crippen LogP contribution in [0.15, 0.2) is 0 Å². The number of aliphatic hydroxyl groups is 1. The van der Waals surface area contributed by atoms with Crippen LogP contribution in [0.25, 0.3) is 0 Å². The van der Waals surface area contributed by atoms with E-state index in [-0.39, 0.29) is 11.8 Å². The first-order valence-electron chi connectivity index (χ1n) is 7.84. The monoisotopic (exact) mass is 284 g/mol. The maximum absolute atomic E-state index is 10.2. The number of hydrogen-bond donors (Lipinski definition) is 1. The predicted molar refractivity (Wildman–Crippen MR) is 69.0 cm³/mol. The van der Waals surface area contributed by atoms with Crippen LogP contribution in [0.4, 0.5) is 0 Å². The van der Waals surface area contributed by atoms with Gasteiger partial charge in [0.25, 0.3) is 0 Å². The molecule has 1 aliphatic carbocycles. The molecule has 0 aromatic heterocycles. The average molecular weight is 284 g/mol. The van der Waals surface area contributed by atoms with Gasteiger partial charge in [0.15, 0.2) is 18.2 Å². The Kier molecular flexibility index (Phi) is 2.81. The summed E-state index contributed by atoms with van der Waals surface area (Å²) in [6, 6.07) is 0. The van der Waals surface area contributed by atoms with Crippen molar-refractivity contribution in [3.63, 3.8) is 0 Å². The molecule has 8 atom stereocenters. The highest BCUT2D eigenvalue weighted by molar-refractivity contribution is 5.08. The lowest BCUT2D eigenvalue weighted by Gasteiger charge is -2.59. The van der Waals surface area contributed by atoms with E-state index in [1.54, 1.807) is 0 Å². The van der Waals surface area contributed by atoms with Gasteiger partial charge in [-0.15, -0.1) is 0 Å². The van der Waals surface area contributed by atoms with Crippen molar-refractivity contribution >= 4 is 0 Å². The topological polar surface area (TPSA) is 57.2 Å². The lowest BCUT2D eigenvalue weighted by atomic mass is 9.58. The summed E-state index contributed by atoms with van der Waals surface area (Å²) in [5.74, 6) is 0.437. The van der Waals surface area contributed by atoms with Crippen LogP contribution in [0.3, 0.4) is 0 Å². The number of rotatable bonds is 0. The maximum Gasteiger partial charge on any atom is 0.201 e. The molecule has 5 rings (SSSR count). The van der Waals surface area contributed by atoms with Crippen molar-refractivity contribution in [1.29, 1.82) is 0 Å². The first kappa shape index (κ1) is 13.5. The molecule has 0 radical (unpaired) electrons. The maximum atomic E-state index is 10.2. The Morgan fingerprint density at radius 2 is 1.85 bits per heavy atom. The van der Waals surface area contributed by atoms with Crippen LogP contribution >= 0.6 is 0 Å². The van der Waals surface area contributed by atoms with Crippen LogP contribution in [0.5, 0.6) is 0 Å². The van der Waals surface area contributed by atoms with Crippen LogP contribution in [0.2, 0.25) is 0 Å². The van der Waals surface area contributed by atoms with Gasteiger partial charge in [0, 0.05) is 18.3 Å². The van der Waals surface area contributed by atoms with Crippen molar-refractivity contribution in [2.24, 2.45) is 23.7 Å². The first-order valence-corrected chi connectivity index (χ1v) is 7.84. The summed E-state index contributed by atoms with van der Waals surface area (Å²) < 4.78 is 11.9. The summed E-state index contributed by atoms with van der Waals surface area (Å²) in [6.45, 7) is 6.22. The number of aliphatic hydroxyl groups excluding tert-OH is 1. The Morgan fingerprint density at radius 3 is 2.65 bits per heavy atom. The van der Waals surface area contributed by atoms with Gasteiger partial charge in [0.1, 0.15) is 0 Å². The van der Waals surface area contributed by atoms with Crippen LogP contribution in [0.1, 0.15) is 46.5 Å². The van der Waals surface area contributed by atoms with E-state index in [0.29, 0.717) is 11.8 Å². The van der Waals surface area contributed by atoms with Gasteiger partial charge in [-0.25, -0.2) is 9.78 Å². The molecule has 20 heavy (non-hydrogen) atoms. The minimum Gasteiger partial charge on any atom is -0.368 e. The average Bonchev–Trinajstić information content (AvgIpc) is 2.63. The third kappa shape index (κ3) is 1.56. The largest absolute Gasteiger partial charge is 0.368 e. The van der Waals surface area contributed by atoms with E-state index in [2.05, 4.69) is 6.92 Å². The number of fused-ring (bicyclic) bond motifs is 2. The summed E-state index contributed by atoms with van der Waals surface area (Å²) >= 11 is 0. The Hall–Kier alpha value is -0.200. The fraction of sp³-hybridized carbons (Fsp3) is 1.00. The molecule has 2 bridgehead atoms. The molecule has 5 fully saturated rings. The zero-order valence-electron chi connectivity index (χ0n) is 12.4. The molecular formula is C15H24O5. The first-order chi connectivity index (χ1) is 9.46. The molecule has 0 unspecified atom stereocenters. The van der Waals surface area contributed by atoms with Gasteiger partial charge in [-0.1, -0.05) is 13.8 Å². The Labute approximate surface area is 119 Å². The smallest absolute Gasteiger partial charge is 0.201 e. The highest BCUT2D eigenvalue weighted by Crippen LogP contribution is 2.60. The standard InChI is InChI=1S/C15H24O5/c1-8-4-5-11-9(2)12(16)17-13-15(11)10(8)6-7-14(3,18-13)19-20-15/h8-13,16H,4-7H2,1-3H3/t8-,9+,10-,11-,12-,13+,14+,15+/m0/s1. The summed E-state index contributed by atoms with van der Waals surface area (Å²) in [6.07, 6.45) is 2.72. The Morgan fingerprint density at radius 1 is 1.05 bits per heavy atom. The van der Waals surface area contributed by atoms with Crippen molar-refractivity contribution in [1.82, 2.24) is 0 Å². The molecule has 4 saturated heterocycles. The second-order valence-corrected chi connectivity index (χ2v) is 7.30. The van der Waals surface area contributed by atoms with E-state index >= 15 is 0 Å². The quantitative estimate of drug-likeness (QED) is 0.691. The Bertz CT molecular complexity index is 411. The van der Waals surface area contributed by atoms with Crippen LogP contribution in [-0.4, -0.2) is 29.1 Å². The second-order valence-electron chi connectivity index (χ2n) is 7.30. The fourth-order valence-electron chi connectivity index (χ4n) is 4.89. The van der Waals surface area contributed by atoms with Crippen LogP contribution in [-0.2, 0) is 19.2 Å². The summed E-state index contributed by atoms with van der Waals surface area (Å²) in [4.78, 5) is 11.6. The van der Waals surface area contributed by atoms with Gasteiger partial charge in [0.05, 0.1) is 0 Å². The summed E-state index contributed by atoms with van der Waals surface area (Å²) in [5, 5.41) is 10.2. The molecule has 0 aromatic rings. The van der Waals surface area contributed by atoms with Crippen molar-refractivity contribution in [2.75, 3.05) is 0 Å². The molecule has 0 aromatic carbocycles. The lowest BCUT2D eigenvalue weighted by Crippen LogP contribution is -2.70. The molecular weight excluding hydrogens is 260 g/mol. The van der Waals surface area contributed by atoms with Crippen molar-refractivity contribution in [2.45, 2.75) is 70.4 Å². The molecule has 1 N–H and O–H groups in total. The van der Waals surface area contributed by atoms with Gasteiger partial charge in [0.2, 0.25) is 5.79 Å². The minimum absolute atomic E-state index is 0.0379. The highest BCUT2D eigenvalue weighted by atomic mass is 17.3. The van der Waals surface area contributed by atoms with E-state index in [0.717, 1.165) is 19.3 Å². The van der Waals surface area contributed by atoms with E-state index in [1.165, 1.54) is 6.42 Å². The van der Waals surface area contributed by atoms with Crippen molar-refractivity contribution in [3.05, 3.63) is 0 Å². The summed E-state index contributed by atoms with van der Waals surface area (Å²) in [5.41, 5.74) is -0.549. The van der Waals surface area contributed by atoms with Gasteiger partial charge in [-0.2, -0.15) is 0 Å². The lowest BCUT2D eigenvalue weighted by molar-refractivity contribution is -0.576. The number of ether oxygens (including phenoxy) is 2. The third-order valence-electron chi connectivity index (χ3n) is 6.12. The Balaban J connectivity index is 1.82. The molecule has 1 spiro atoms. The predicted octanol–water partition coefficient (Wildman–Crippen LogP) is 2.19. The van der Waals surface area contributed by atoms with Crippen LogP contribution < -0.4 is 0 Å². The molecule has 0 amide bonds. The SMILES string of the molecule is C[C@H]1[C@@H](O)O[C@@H]2O[C@@]3(C)CC[C@H]4[C@@H](C)CC[C@@H]1[C@@]24OO3. The minimum atomic E-state index is -0.781. The molecule has 5 aliphatic rings. The van der Waals surface area contributed by atoms with Crippen molar-refractivity contribution in [3.8, 4) is 0 Å². The molecule has 114 valence electrons. The van der Waals surface area contributed by atoms with Gasteiger partial charge >= 0.3 is 0 Å². The second kappa shape index (κ2) is 4.17. The van der Waals surface area contributed by atoms with Crippen molar-refractivity contribution < 1.29 is 24.4 Å². The summed E-state index contributed by atoms with van der Waals surface area (Å²) in [7, 11) is 0. The van der Waals surface area contributed by atoms with E-state index in [4.69, 9.17) is 19.2 Å². The zero-order chi connectivity index (χ0) is 14.1. The van der Waals surface area contributed by atoms with E-state index < -0.39 is 24.0 Å². The normalized spacial score (nSPS) is 61.8. The molecule has 5 heteroatoms. The molecule has 4 aliphatic heterocycles. The van der Waals surface area contributed by atoms with Crippen LogP contribution in [0, 0.1) is 23.7 Å². The highest BCUT2D eigenvalue weighted by Gasteiger charge is 2.69. The van der Waals surface area contributed by atoms with Gasteiger partial charge < -0.3 is 14.6 Å². The van der Waals surface area contributed by atoms with E-state index in [9.17, 15) is 5.11 Å². The van der Waals surface area contributed by atoms with E-state index in [1.807, 2.05) is 13.8 Å². The third-order valence-corrected chi connectivity index (χ3v) is 6.12. The number of hydrogen-bond acceptors (Lipinski definition) is 5. The molecule has 4 heterocycles. The van der Waals surface area contributed by atoms with Gasteiger partial charge in [-0.3, -0.25) is 0 Å². The fourth-order valence-corrected chi connectivity index (χ4v) is 4.89.